The Morgan fingerprint density at radius 1 is 1.29 bits per heavy atom. The number of likely N-dealkylation sites (N-methyl/N-ethyl adjacent to an activating group) is 2. The number of anilines is 2. The molecule has 0 saturated carbocycles. The van der Waals surface area contributed by atoms with Crippen LogP contribution in [0, 0.1) is 0 Å². The highest BCUT2D eigenvalue weighted by atomic mass is 16.2. The fourth-order valence-electron chi connectivity index (χ4n) is 2.10. The molecule has 1 heterocycles. The fraction of sp³-hybridized carbons (Fsp3) is 0.333. The Labute approximate surface area is 124 Å². The van der Waals surface area contributed by atoms with E-state index in [0.29, 0.717) is 18.8 Å². The number of nitrogens with zero attached hydrogens (tertiary/aromatic N) is 4. The van der Waals surface area contributed by atoms with Crippen LogP contribution in [0.1, 0.15) is 5.56 Å². The van der Waals surface area contributed by atoms with E-state index in [-0.39, 0.29) is 5.91 Å². The summed E-state index contributed by atoms with van der Waals surface area (Å²) in [6.45, 7) is 1.03. The summed E-state index contributed by atoms with van der Waals surface area (Å²) in [4.78, 5) is 15.9. The normalized spacial score (nSPS) is 10.9. The van der Waals surface area contributed by atoms with E-state index < -0.39 is 0 Å². The molecule has 0 unspecified atom stereocenters. The van der Waals surface area contributed by atoms with E-state index in [1.54, 1.807) is 28.8 Å². The second-order valence-electron chi connectivity index (χ2n) is 5.24. The molecule has 2 N–H and O–H groups in total. The molecule has 0 aliphatic heterocycles. The third-order valence-corrected chi connectivity index (χ3v) is 3.27. The number of carbonyl (C=O) groups excluding carboxylic acids is 1. The summed E-state index contributed by atoms with van der Waals surface area (Å²) in [6.07, 6.45) is 3.76. The van der Waals surface area contributed by atoms with Crippen LogP contribution in [0.4, 0.5) is 11.4 Å². The minimum atomic E-state index is 0.0335. The van der Waals surface area contributed by atoms with Crippen molar-refractivity contribution in [1.82, 2.24) is 14.7 Å². The Bertz CT molecular complexity index is 605. The van der Waals surface area contributed by atoms with Crippen molar-refractivity contribution < 1.29 is 4.79 Å². The number of nitrogen functional groups attached to an aromatic ring is 1. The standard InChI is InChI=1S/C15H21N5O/c1-18(9-12-8-17-19(2)10-12)11-15(21)20(3)14-6-4-13(16)5-7-14/h4-8,10H,9,11,16H2,1-3H3. The summed E-state index contributed by atoms with van der Waals surface area (Å²) in [5, 5.41) is 4.12. The van der Waals surface area contributed by atoms with Gasteiger partial charge in [0, 0.05) is 43.8 Å². The maximum absolute atomic E-state index is 12.3. The van der Waals surface area contributed by atoms with Gasteiger partial charge in [-0.05, 0) is 31.3 Å². The molecule has 0 saturated heterocycles. The van der Waals surface area contributed by atoms with Crippen molar-refractivity contribution in [3.63, 3.8) is 0 Å². The topological polar surface area (TPSA) is 67.4 Å². The molecule has 0 bridgehead atoms. The van der Waals surface area contributed by atoms with Gasteiger partial charge in [0.2, 0.25) is 5.91 Å². The SMILES string of the molecule is CN(CC(=O)N(C)c1ccc(N)cc1)Cc1cnn(C)c1. The predicted octanol–water partition coefficient (Wildman–Crippen LogP) is 1.10. The maximum Gasteiger partial charge on any atom is 0.240 e. The summed E-state index contributed by atoms with van der Waals surface area (Å²) < 4.78 is 1.76. The minimum Gasteiger partial charge on any atom is -0.399 e. The van der Waals surface area contributed by atoms with Crippen molar-refractivity contribution in [1.29, 1.82) is 0 Å². The van der Waals surface area contributed by atoms with Crippen LogP contribution in [-0.4, -0.2) is 41.2 Å². The van der Waals surface area contributed by atoms with Gasteiger partial charge in [0.05, 0.1) is 12.7 Å². The molecule has 0 aliphatic carbocycles. The molecule has 1 amide bonds. The van der Waals surface area contributed by atoms with E-state index in [9.17, 15) is 4.79 Å². The second-order valence-corrected chi connectivity index (χ2v) is 5.24. The van der Waals surface area contributed by atoms with Crippen LogP contribution in [0.3, 0.4) is 0 Å². The lowest BCUT2D eigenvalue weighted by molar-refractivity contribution is -0.119. The summed E-state index contributed by atoms with van der Waals surface area (Å²) in [5.41, 5.74) is 8.26. The first kappa shape index (κ1) is 15.1. The van der Waals surface area contributed by atoms with Crippen molar-refractivity contribution in [3.05, 3.63) is 42.2 Å². The Balaban J connectivity index is 1.92. The average Bonchev–Trinajstić information content (AvgIpc) is 2.83. The van der Waals surface area contributed by atoms with Gasteiger partial charge in [-0.3, -0.25) is 14.4 Å². The molecule has 1 aromatic carbocycles. The first-order chi connectivity index (χ1) is 9.95. The molecular weight excluding hydrogens is 266 g/mol. The van der Waals surface area contributed by atoms with Crippen LogP contribution in [-0.2, 0) is 18.4 Å². The zero-order chi connectivity index (χ0) is 15.4. The van der Waals surface area contributed by atoms with Crippen molar-refractivity contribution in [2.45, 2.75) is 6.54 Å². The lowest BCUT2D eigenvalue weighted by Crippen LogP contribution is -2.36. The van der Waals surface area contributed by atoms with Crippen molar-refractivity contribution in [3.8, 4) is 0 Å². The average molecular weight is 287 g/mol. The van der Waals surface area contributed by atoms with Gasteiger partial charge in [0.15, 0.2) is 0 Å². The van der Waals surface area contributed by atoms with E-state index >= 15 is 0 Å². The maximum atomic E-state index is 12.3. The number of rotatable bonds is 5. The minimum absolute atomic E-state index is 0.0335. The molecule has 6 nitrogen and oxygen atoms in total. The number of aromatic nitrogens is 2. The molecule has 0 aliphatic rings. The monoisotopic (exact) mass is 287 g/mol. The first-order valence-corrected chi connectivity index (χ1v) is 6.74. The highest BCUT2D eigenvalue weighted by Crippen LogP contribution is 2.15. The molecule has 0 atom stereocenters. The smallest absolute Gasteiger partial charge is 0.240 e. The number of hydrogen-bond acceptors (Lipinski definition) is 4. The third kappa shape index (κ3) is 4.06. The summed E-state index contributed by atoms with van der Waals surface area (Å²) in [7, 11) is 5.57. The number of nitrogens with two attached hydrogens (primary N) is 1. The lowest BCUT2D eigenvalue weighted by atomic mass is 10.2. The third-order valence-electron chi connectivity index (χ3n) is 3.27. The van der Waals surface area contributed by atoms with E-state index in [4.69, 9.17) is 5.73 Å². The summed E-state index contributed by atoms with van der Waals surface area (Å²) >= 11 is 0. The van der Waals surface area contributed by atoms with Gasteiger partial charge < -0.3 is 10.6 Å². The highest BCUT2D eigenvalue weighted by Gasteiger charge is 2.14. The quantitative estimate of drug-likeness (QED) is 0.836. The van der Waals surface area contributed by atoms with E-state index in [0.717, 1.165) is 11.3 Å². The molecule has 2 rings (SSSR count). The van der Waals surface area contributed by atoms with Gasteiger partial charge in [-0.1, -0.05) is 0 Å². The van der Waals surface area contributed by atoms with Crippen LogP contribution in [0.2, 0.25) is 0 Å². The van der Waals surface area contributed by atoms with E-state index in [1.165, 1.54) is 0 Å². The van der Waals surface area contributed by atoms with Crippen molar-refractivity contribution in [2.24, 2.45) is 7.05 Å². The molecular formula is C15H21N5O. The Morgan fingerprint density at radius 2 is 1.95 bits per heavy atom. The largest absolute Gasteiger partial charge is 0.399 e. The zero-order valence-electron chi connectivity index (χ0n) is 12.7. The van der Waals surface area contributed by atoms with Gasteiger partial charge in [-0.25, -0.2) is 0 Å². The molecule has 1 aromatic heterocycles. The molecule has 0 fully saturated rings. The predicted molar refractivity (Wildman–Crippen MR) is 83.8 cm³/mol. The molecule has 0 radical (unpaired) electrons. The molecule has 0 spiro atoms. The van der Waals surface area contributed by atoms with Gasteiger partial charge in [0.1, 0.15) is 0 Å². The summed E-state index contributed by atoms with van der Waals surface area (Å²) in [6, 6.07) is 7.26. The number of aryl methyl sites for hydroxylation is 1. The number of amides is 1. The first-order valence-electron chi connectivity index (χ1n) is 6.74. The van der Waals surface area contributed by atoms with E-state index in [2.05, 4.69) is 5.10 Å². The highest BCUT2D eigenvalue weighted by molar-refractivity contribution is 5.94. The van der Waals surface area contributed by atoms with Gasteiger partial charge in [-0.15, -0.1) is 0 Å². The Hall–Kier alpha value is -2.34. The molecule has 21 heavy (non-hydrogen) atoms. The van der Waals surface area contributed by atoms with E-state index in [1.807, 2.05) is 43.5 Å². The number of hydrogen-bond donors (Lipinski definition) is 1. The Kier molecular flexibility index (Phi) is 4.59. The van der Waals surface area contributed by atoms with Crippen LogP contribution in [0.15, 0.2) is 36.7 Å². The van der Waals surface area contributed by atoms with Crippen LogP contribution >= 0.6 is 0 Å². The molecule has 112 valence electrons. The summed E-state index contributed by atoms with van der Waals surface area (Å²) in [5.74, 6) is 0.0335. The zero-order valence-corrected chi connectivity index (χ0v) is 12.7. The van der Waals surface area contributed by atoms with Crippen LogP contribution in [0.5, 0.6) is 0 Å². The Morgan fingerprint density at radius 3 is 2.52 bits per heavy atom. The molecule has 6 heteroatoms. The van der Waals surface area contributed by atoms with Crippen molar-refractivity contribution >= 4 is 17.3 Å². The van der Waals surface area contributed by atoms with Gasteiger partial charge >= 0.3 is 0 Å². The van der Waals surface area contributed by atoms with Gasteiger partial charge in [-0.2, -0.15) is 5.10 Å². The van der Waals surface area contributed by atoms with Crippen molar-refractivity contribution in [2.75, 3.05) is 31.3 Å². The second kappa shape index (κ2) is 6.41. The van der Waals surface area contributed by atoms with Crippen LogP contribution < -0.4 is 10.6 Å². The van der Waals surface area contributed by atoms with Gasteiger partial charge in [0.25, 0.3) is 0 Å². The lowest BCUT2D eigenvalue weighted by Gasteiger charge is -2.21. The number of benzene rings is 1. The number of carbonyl (C=O) groups is 1. The van der Waals surface area contributed by atoms with Crippen LogP contribution in [0.25, 0.3) is 0 Å². The fourth-order valence-corrected chi connectivity index (χ4v) is 2.10. The molecule has 2 aromatic rings.